The Labute approximate surface area is 197 Å². The second kappa shape index (κ2) is 8.30. The number of Topliss-reactive ketones (excluding diaryl/α,β-unsaturated/α-hetero) is 1. The van der Waals surface area contributed by atoms with Gasteiger partial charge in [-0.2, -0.15) is 0 Å². The van der Waals surface area contributed by atoms with E-state index in [1.165, 1.54) is 17.3 Å². The average molecular weight is 459 g/mol. The van der Waals surface area contributed by atoms with Gasteiger partial charge in [-0.05, 0) is 36.0 Å². The van der Waals surface area contributed by atoms with Crippen LogP contribution in [0.5, 0.6) is 0 Å². The lowest BCUT2D eigenvalue weighted by Gasteiger charge is -2.38. The Morgan fingerprint density at radius 2 is 1.91 bits per heavy atom. The monoisotopic (exact) mass is 458 g/mol. The molecule has 0 spiro atoms. The summed E-state index contributed by atoms with van der Waals surface area (Å²) in [6, 6.07) is 12.1. The van der Waals surface area contributed by atoms with Gasteiger partial charge in [0.2, 0.25) is 0 Å². The molecule has 0 bridgehead atoms. The average Bonchev–Trinajstić information content (AvgIpc) is 2.77. The number of thioether (sulfide) groups is 1. The van der Waals surface area contributed by atoms with E-state index < -0.39 is 5.92 Å². The van der Waals surface area contributed by atoms with E-state index in [2.05, 4.69) is 60.3 Å². The van der Waals surface area contributed by atoms with Crippen LogP contribution in [0.2, 0.25) is 0 Å². The van der Waals surface area contributed by atoms with E-state index in [1.807, 2.05) is 12.1 Å². The van der Waals surface area contributed by atoms with Gasteiger partial charge in [0.05, 0.1) is 5.56 Å². The van der Waals surface area contributed by atoms with Crippen LogP contribution in [-0.2, 0) is 10.5 Å². The summed E-state index contributed by atoms with van der Waals surface area (Å²) < 4.78 is 0. The molecule has 2 N–H and O–H groups in total. The van der Waals surface area contributed by atoms with Crippen LogP contribution in [0.1, 0.15) is 54.9 Å². The number of benzene rings is 1. The first-order chi connectivity index (χ1) is 15.8. The minimum absolute atomic E-state index is 0.0745. The number of rotatable bonds is 4. The largest absolute Gasteiger partial charge is 0.343 e. The van der Waals surface area contributed by atoms with Crippen molar-refractivity contribution >= 4 is 23.4 Å². The first kappa shape index (κ1) is 21.6. The molecule has 1 aliphatic heterocycles. The molecule has 3 heterocycles. The van der Waals surface area contributed by atoms with Gasteiger partial charge in [0, 0.05) is 41.8 Å². The molecule has 5 rings (SSSR count). The topological polar surface area (TPSA) is 87.7 Å². The fraction of sp³-hybridized carbons (Fsp3) is 0.308. The summed E-state index contributed by atoms with van der Waals surface area (Å²) in [6.45, 7) is 6.25. The molecule has 3 aromatic rings. The third kappa shape index (κ3) is 4.25. The van der Waals surface area contributed by atoms with Crippen LogP contribution in [0.15, 0.2) is 70.0 Å². The summed E-state index contributed by atoms with van der Waals surface area (Å²) >= 11 is 1.49. The number of pyridine rings is 1. The normalized spacial score (nSPS) is 19.0. The first-order valence-corrected chi connectivity index (χ1v) is 12.0. The lowest BCUT2D eigenvalue weighted by Crippen LogP contribution is -2.37. The van der Waals surface area contributed by atoms with Crippen molar-refractivity contribution in [3.8, 4) is 0 Å². The summed E-state index contributed by atoms with van der Waals surface area (Å²) in [4.78, 5) is 38.5. The number of hydrogen-bond acceptors (Lipinski definition) is 6. The summed E-state index contributed by atoms with van der Waals surface area (Å²) in [5.74, 6) is 0.836. The predicted molar refractivity (Wildman–Crippen MR) is 130 cm³/mol. The lowest BCUT2D eigenvalue weighted by molar-refractivity contribution is -0.118. The third-order valence-corrected chi connectivity index (χ3v) is 7.16. The van der Waals surface area contributed by atoms with Crippen molar-refractivity contribution in [3.05, 3.63) is 92.7 Å². The van der Waals surface area contributed by atoms with E-state index in [1.54, 1.807) is 12.4 Å². The summed E-state index contributed by atoms with van der Waals surface area (Å²) in [5, 5.41) is 3.92. The first-order valence-electron chi connectivity index (χ1n) is 11.1. The van der Waals surface area contributed by atoms with Gasteiger partial charge in [0.15, 0.2) is 10.9 Å². The van der Waals surface area contributed by atoms with E-state index in [-0.39, 0.29) is 16.8 Å². The van der Waals surface area contributed by atoms with Gasteiger partial charge in [-0.3, -0.25) is 14.6 Å². The zero-order valence-electron chi connectivity index (χ0n) is 18.9. The van der Waals surface area contributed by atoms with E-state index in [9.17, 15) is 9.59 Å². The molecule has 33 heavy (non-hydrogen) atoms. The molecule has 1 atom stereocenters. The molecule has 0 fully saturated rings. The van der Waals surface area contributed by atoms with E-state index in [0.717, 1.165) is 23.2 Å². The van der Waals surface area contributed by atoms with Crippen LogP contribution in [0.4, 0.5) is 5.82 Å². The Kier molecular flexibility index (Phi) is 5.44. The van der Waals surface area contributed by atoms with Crippen molar-refractivity contribution < 1.29 is 4.79 Å². The highest BCUT2D eigenvalue weighted by Gasteiger charge is 2.42. The van der Waals surface area contributed by atoms with Crippen LogP contribution >= 0.6 is 11.8 Å². The Balaban J connectivity index is 1.56. The molecule has 168 valence electrons. The number of ketones is 1. The summed E-state index contributed by atoms with van der Waals surface area (Å²) in [7, 11) is 0. The number of anilines is 1. The Bertz CT molecular complexity index is 1310. The zero-order valence-corrected chi connectivity index (χ0v) is 19.8. The number of fused-ring (bicyclic) bond motifs is 1. The molecule has 2 aromatic heterocycles. The van der Waals surface area contributed by atoms with Gasteiger partial charge in [0.25, 0.3) is 5.56 Å². The summed E-state index contributed by atoms with van der Waals surface area (Å²) in [6.07, 6.45) is 4.61. The number of aromatic amines is 1. The fourth-order valence-electron chi connectivity index (χ4n) is 4.68. The van der Waals surface area contributed by atoms with Crippen molar-refractivity contribution in [2.45, 2.75) is 50.4 Å². The molecule has 1 aromatic carbocycles. The molecule has 6 nitrogen and oxygen atoms in total. The third-order valence-electron chi connectivity index (χ3n) is 6.21. The summed E-state index contributed by atoms with van der Waals surface area (Å²) in [5.41, 5.74) is 4.84. The molecule has 0 saturated carbocycles. The number of aromatic nitrogens is 3. The van der Waals surface area contributed by atoms with E-state index >= 15 is 0 Å². The minimum atomic E-state index is -0.471. The molecular weight excluding hydrogens is 432 g/mol. The fourth-order valence-corrected chi connectivity index (χ4v) is 5.49. The van der Waals surface area contributed by atoms with Gasteiger partial charge in [-0.1, -0.05) is 61.5 Å². The molecule has 0 amide bonds. The van der Waals surface area contributed by atoms with Crippen LogP contribution in [0.25, 0.3) is 0 Å². The molecule has 0 unspecified atom stereocenters. The number of hydrogen-bond donors (Lipinski definition) is 2. The van der Waals surface area contributed by atoms with Crippen molar-refractivity contribution in [3.63, 3.8) is 0 Å². The molecule has 7 heteroatoms. The Morgan fingerprint density at radius 1 is 1.12 bits per heavy atom. The predicted octanol–water partition coefficient (Wildman–Crippen LogP) is 4.97. The van der Waals surface area contributed by atoms with Crippen molar-refractivity contribution in [2.75, 3.05) is 5.32 Å². The highest BCUT2D eigenvalue weighted by atomic mass is 32.2. The van der Waals surface area contributed by atoms with Crippen LogP contribution in [-0.4, -0.2) is 20.7 Å². The SMILES string of the molecule is Cc1ccc(CSc2nc3c(c(=O)[nH]2)[C@@H](c2cccnc2)C2=C(CC(C)(C)CC2=O)N3)cc1. The number of H-pyrrole nitrogens is 1. The van der Waals surface area contributed by atoms with E-state index in [0.29, 0.717) is 34.3 Å². The minimum Gasteiger partial charge on any atom is -0.343 e. The number of carbonyl (C=O) groups is 1. The Hall–Kier alpha value is -3.19. The number of nitrogens with one attached hydrogen (secondary N) is 2. The van der Waals surface area contributed by atoms with E-state index in [4.69, 9.17) is 4.98 Å². The van der Waals surface area contributed by atoms with Crippen molar-refractivity contribution in [1.82, 2.24) is 15.0 Å². The van der Waals surface area contributed by atoms with Crippen LogP contribution in [0, 0.1) is 12.3 Å². The van der Waals surface area contributed by atoms with Crippen molar-refractivity contribution in [1.29, 1.82) is 0 Å². The van der Waals surface area contributed by atoms with Crippen LogP contribution in [0.3, 0.4) is 0 Å². The van der Waals surface area contributed by atoms with Crippen LogP contribution < -0.4 is 10.9 Å². The Morgan fingerprint density at radius 3 is 2.64 bits per heavy atom. The van der Waals surface area contributed by atoms with Gasteiger partial charge in [-0.15, -0.1) is 0 Å². The highest BCUT2D eigenvalue weighted by molar-refractivity contribution is 7.98. The standard InChI is InChI=1S/C26H26N4O2S/c1-15-6-8-16(9-7-15)14-33-25-29-23-22(24(32)30-25)20(17-5-4-10-27-13-17)21-18(28-23)11-26(2,3)12-19(21)31/h4-10,13,20H,11-12,14H2,1-3H3,(H2,28,29,30,32)/t20-/m0/s1. The lowest BCUT2D eigenvalue weighted by atomic mass is 9.69. The number of nitrogens with zero attached hydrogens (tertiary/aromatic N) is 2. The smallest absolute Gasteiger partial charge is 0.257 e. The second-order valence-corrected chi connectivity index (χ2v) is 10.5. The molecule has 1 aliphatic carbocycles. The second-order valence-electron chi connectivity index (χ2n) is 9.59. The highest BCUT2D eigenvalue weighted by Crippen LogP contribution is 2.47. The molecular formula is C26H26N4O2S. The zero-order chi connectivity index (χ0) is 23.2. The van der Waals surface area contributed by atoms with Gasteiger partial charge in [-0.25, -0.2) is 4.98 Å². The number of allylic oxidation sites excluding steroid dienone is 2. The van der Waals surface area contributed by atoms with Gasteiger partial charge in [0.1, 0.15) is 5.82 Å². The quantitative estimate of drug-likeness (QED) is 0.424. The van der Waals surface area contributed by atoms with Gasteiger partial charge >= 0.3 is 0 Å². The maximum absolute atomic E-state index is 13.3. The van der Waals surface area contributed by atoms with Gasteiger partial charge < -0.3 is 10.3 Å². The molecule has 0 radical (unpaired) electrons. The number of aryl methyl sites for hydroxylation is 1. The maximum Gasteiger partial charge on any atom is 0.257 e. The van der Waals surface area contributed by atoms with Crippen molar-refractivity contribution in [2.24, 2.45) is 5.41 Å². The maximum atomic E-state index is 13.3. The molecule has 2 aliphatic rings. The molecule has 0 saturated heterocycles. The number of carbonyl (C=O) groups excluding carboxylic acids is 1.